The molecule has 3 unspecified atom stereocenters. The number of benzene rings is 2. The van der Waals surface area contributed by atoms with Crippen LogP contribution in [0.4, 0.5) is 17.1 Å². The van der Waals surface area contributed by atoms with Crippen LogP contribution in [0.5, 0.6) is 5.75 Å². The van der Waals surface area contributed by atoms with E-state index in [9.17, 15) is 20.2 Å². The number of nitro groups is 2. The number of halogens is 1. The molecule has 0 aromatic heterocycles. The lowest BCUT2D eigenvalue weighted by atomic mass is 9.76. The van der Waals surface area contributed by atoms with E-state index >= 15 is 0 Å². The standard InChI is InChI=1S/C19H16ClN3O5/c1-28-17-9-11(23(26)27)8-14-12-3-2-4-13(12)18(21-19(14)17)15-7-10(22(24)25)5-6-16(15)20/h2-3,5-9,12-13,18,21H,4H2,1H3. The molecular formula is C19H16ClN3O5. The molecule has 144 valence electrons. The van der Waals surface area contributed by atoms with Crippen LogP contribution in [0.25, 0.3) is 0 Å². The Morgan fingerprint density at radius 2 is 1.82 bits per heavy atom. The van der Waals surface area contributed by atoms with Gasteiger partial charge in [-0.3, -0.25) is 20.2 Å². The lowest BCUT2D eigenvalue weighted by Crippen LogP contribution is -2.29. The number of anilines is 1. The van der Waals surface area contributed by atoms with Crippen LogP contribution in [0.3, 0.4) is 0 Å². The Bertz CT molecular complexity index is 1020. The molecule has 9 heteroatoms. The van der Waals surface area contributed by atoms with Gasteiger partial charge in [0.05, 0.1) is 34.8 Å². The number of nitrogens with zero attached hydrogens (tertiary/aromatic N) is 2. The van der Waals surface area contributed by atoms with Crippen LogP contribution in [-0.2, 0) is 0 Å². The number of allylic oxidation sites excluding steroid dienone is 2. The molecule has 8 nitrogen and oxygen atoms in total. The highest BCUT2D eigenvalue weighted by molar-refractivity contribution is 6.31. The number of nitro benzene ring substituents is 2. The zero-order valence-electron chi connectivity index (χ0n) is 14.8. The predicted octanol–water partition coefficient (Wildman–Crippen LogP) is 4.99. The van der Waals surface area contributed by atoms with Gasteiger partial charge in [-0.15, -0.1) is 0 Å². The fourth-order valence-corrected chi connectivity index (χ4v) is 4.34. The van der Waals surface area contributed by atoms with Gasteiger partial charge >= 0.3 is 0 Å². The molecule has 0 bridgehead atoms. The summed E-state index contributed by atoms with van der Waals surface area (Å²) in [6.45, 7) is 0. The van der Waals surface area contributed by atoms with Crippen molar-refractivity contribution in [1.29, 1.82) is 0 Å². The normalized spacial score (nSPS) is 22.1. The monoisotopic (exact) mass is 401 g/mol. The summed E-state index contributed by atoms with van der Waals surface area (Å²) in [5.41, 5.74) is 1.98. The molecule has 1 aliphatic heterocycles. The largest absolute Gasteiger partial charge is 0.494 e. The lowest BCUT2D eigenvalue weighted by Gasteiger charge is -2.38. The summed E-state index contributed by atoms with van der Waals surface area (Å²) in [7, 11) is 1.45. The first-order chi connectivity index (χ1) is 13.4. The van der Waals surface area contributed by atoms with Gasteiger partial charge < -0.3 is 10.1 Å². The van der Waals surface area contributed by atoms with Gasteiger partial charge in [-0.2, -0.15) is 0 Å². The number of ether oxygens (including phenoxy) is 1. The third-order valence-corrected chi connectivity index (χ3v) is 5.72. The van der Waals surface area contributed by atoms with Crippen LogP contribution >= 0.6 is 11.6 Å². The molecule has 1 heterocycles. The van der Waals surface area contributed by atoms with E-state index < -0.39 is 9.85 Å². The first-order valence-corrected chi connectivity index (χ1v) is 9.02. The van der Waals surface area contributed by atoms with E-state index in [0.717, 1.165) is 12.0 Å². The second-order valence-corrected chi connectivity index (χ2v) is 7.21. The molecule has 28 heavy (non-hydrogen) atoms. The highest BCUT2D eigenvalue weighted by Gasteiger charge is 2.41. The molecule has 4 rings (SSSR count). The highest BCUT2D eigenvalue weighted by atomic mass is 35.5. The second-order valence-electron chi connectivity index (χ2n) is 6.81. The Morgan fingerprint density at radius 3 is 2.50 bits per heavy atom. The fourth-order valence-electron chi connectivity index (χ4n) is 4.11. The van der Waals surface area contributed by atoms with Crippen molar-refractivity contribution in [2.45, 2.75) is 18.4 Å². The summed E-state index contributed by atoms with van der Waals surface area (Å²) in [6, 6.07) is 7.02. The molecule has 1 aliphatic carbocycles. The summed E-state index contributed by atoms with van der Waals surface area (Å²) >= 11 is 6.39. The maximum Gasteiger partial charge on any atom is 0.273 e. The summed E-state index contributed by atoms with van der Waals surface area (Å²) < 4.78 is 5.40. The summed E-state index contributed by atoms with van der Waals surface area (Å²) in [5.74, 6) is 0.304. The van der Waals surface area contributed by atoms with Crippen molar-refractivity contribution < 1.29 is 14.6 Å². The van der Waals surface area contributed by atoms with E-state index in [0.29, 0.717) is 22.0 Å². The Balaban J connectivity index is 1.86. The van der Waals surface area contributed by atoms with Crippen molar-refractivity contribution in [2.75, 3.05) is 12.4 Å². The fraction of sp³-hybridized carbons (Fsp3) is 0.263. The Morgan fingerprint density at radius 1 is 1.11 bits per heavy atom. The van der Waals surface area contributed by atoms with Gasteiger partial charge in [0, 0.05) is 34.7 Å². The smallest absolute Gasteiger partial charge is 0.273 e. The zero-order valence-corrected chi connectivity index (χ0v) is 15.6. The topological polar surface area (TPSA) is 108 Å². The van der Waals surface area contributed by atoms with Crippen LogP contribution in [-0.4, -0.2) is 17.0 Å². The number of nitrogens with one attached hydrogen (secondary N) is 1. The van der Waals surface area contributed by atoms with Gasteiger partial charge in [0.15, 0.2) is 0 Å². The molecule has 0 spiro atoms. The van der Waals surface area contributed by atoms with Crippen molar-refractivity contribution in [2.24, 2.45) is 5.92 Å². The zero-order chi connectivity index (χ0) is 20.0. The molecule has 0 radical (unpaired) electrons. The summed E-state index contributed by atoms with van der Waals surface area (Å²) in [4.78, 5) is 21.6. The molecule has 0 amide bonds. The predicted molar refractivity (Wildman–Crippen MR) is 104 cm³/mol. The van der Waals surface area contributed by atoms with Crippen molar-refractivity contribution in [3.05, 3.63) is 78.9 Å². The molecule has 2 aliphatic rings. The van der Waals surface area contributed by atoms with Crippen molar-refractivity contribution >= 4 is 28.7 Å². The third kappa shape index (κ3) is 2.86. The number of fused-ring (bicyclic) bond motifs is 3. The van der Waals surface area contributed by atoms with Gasteiger partial charge in [0.2, 0.25) is 0 Å². The lowest BCUT2D eigenvalue weighted by molar-refractivity contribution is -0.385. The number of hydrogen-bond donors (Lipinski definition) is 1. The van der Waals surface area contributed by atoms with Gasteiger partial charge in [-0.1, -0.05) is 23.8 Å². The number of non-ortho nitro benzene ring substituents is 2. The molecule has 2 aromatic rings. The first kappa shape index (κ1) is 18.2. The maximum atomic E-state index is 11.3. The molecular weight excluding hydrogens is 386 g/mol. The van der Waals surface area contributed by atoms with Crippen LogP contribution < -0.4 is 10.1 Å². The maximum absolute atomic E-state index is 11.3. The molecule has 1 N–H and O–H groups in total. The number of hydrogen-bond acceptors (Lipinski definition) is 6. The molecule has 0 saturated carbocycles. The average Bonchev–Trinajstić information content (AvgIpc) is 3.17. The summed E-state index contributed by atoms with van der Waals surface area (Å²) in [6.07, 6.45) is 4.77. The Hall–Kier alpha value is -3.13. The van der Waals surface area contributed by atoms with Gasteiger partial charge in [0.25, 0.3) is 11.4 Å². The van der Waals surface area contributed by atoms with E-state index in [1.54, 1.807) is 6.07 Å². The average molecular weight is 402 g/mol. The van der Waals surface area contributed by atoms with Crippen LogP contribution in [0.15, 0.2) is 42.5 Å². The number of rotatable bonds is 4. The molecule has 2 aromatic carbocycles. The molecule has 0 saturated heterocycles. The van der Waals surface area contributed by atoms with E-state index in [1.807, 2.05) is 12.2 Å². The number of methoxy groups -OCH3 is 1. The molecule has 0 fully saturated rings. The quantitative estimate of drug-likeness (QED) is 0.439. The van der Waals surface area contributed by atoms with E-state index in [4.69, 9.17) is 16.3 Å². The minimum atomic E-state index is -0.453. The van der Waals surface area contributed by atoms with Crippen LogP contribution in [0.1, 0.15) is 29.5 Å². The Labute approximate surface area is 165 Å². The SMILES string of the molecule is COc1cc([N+](=O)[O-])cc2c1NC(c1cc([N+](=O)[O-])ccc1Cl)C1CC=CC21. The summed E-state index contributed by atoms with van der Waals surface area (Å²) in [5, 5.41) is 26.3. The van der Waals surface area contributed by atoms with Crippen molar-refractivity contribution in [1.82, 2.24) is 0 Å². The molecule has 3 atom stereocenters. The highest BCUT2D eigenvalue weighted by Crippen LogP contribution is 2.54. The second kappa shape index (κ2) is 6.79. The van der Waals surface area contributed by atoms with Gasteiger partial charge in [-0.25, -0.2) is 0 Å². The third-order valence-electron chi connectivity index (χ3n) is 5.37. The van der Waals surface area contributed by atoms with Gasteiger partial charge in [-0.05, 0) is 24.0 Å². The minimum Gasteiger partial charge on any atom is -0.494 e. The van der Waals surface area contributed by atoms with Crippen LogP contribution in [0.2, 0.25) is 5.02 Å². The van der Waals surface area contributed by atoms with E-state index in [1.165, 1.54) is 31.4 Å². The first-order valence-electron chi connectivity index (χ1n) is 8.64. The van der Waals surface area contributed by atoms with Crippen LogP contribution in [0, 0.1) is 26.1 Å². The van der Waals surface area contributed by atoms with E-state index in [2.05, 4.69) is 5.32 Å². The van der Waals surface area contributed by atoms with Gasteiger partial charge in [0.1, 0.15) is 5.75 Å². The van der Waals surface area contributed by atoms with Crippen molar-refractivity contribution in [3.8, 4) is 5.75 Å². The Kier molecular flexibility index (Phi) is 4.43. The minimum absolute atomic E-state index is 0.0266. The van der Waals surface area contributed by atoms with Crippen molar-refractivity contribution in [3.63, 3.8) is 0 Å². The van der Waals surface area contributed by atoms with E-state index in [-0.39, 0.29) is 29.3 Å².